The number of hydrogen-bond acceptors (Lipinski definition) is 2. The largest absolute Gasteiger partial charge is 0.310 e. The average Bonchev–Trinajstić information content (AvgIpc) is 2.36. The molecule has 0 spiro atoms. The number of nitrogens with zero attached hydrogens (tertiary/aromatic N) is 1. The Morgan fingerprint density at radius 2 is 1.94 bits per heavy atom. The molecule has 0 saturated carbocycles. The second kappa shape index (κ2) is 8.22. The molecule has 0 aromatic heterocycles. The van der Waals surface area contributed by atoms with Crippen LogP contribution in [0, 0.1) is 5.82 Å². The van der Waals surface area contributed by atoms with Gasteiger partial charge in [-0.05, 0) is 45.6 Å². The molecule has 0 aliphatic carbocycles. The first-order valence-corrected chi connectivity index (χ1v) is 6.85. The van der Waals surface area contributed by atoms with E-state index in [2.05, 4.69) is 31.1 Å². The SMILES string of the molecule is CCCN(C)CCC(NCC)c1ccccc1F. The summed E-state index contributed by atoms with van der Waals surface area (Å²) < 4.78 is 13.8. The maximum Gasteiger partial charge on any atom is 0.127 e. The molecule has 0 radical (unpaired) electrons. The summed E-state index contributed by atoms with van der Waals surface area (Å²) in [5, 5.41) is 3.37. The molecule has 1 N–H and O–H groups in total. The Labute approximate surface area is 110 Å². The molecule has 0 aliphatic heterocycles. The lowest BCUT2D eigenvalue weighted by atomic mass is 10.0. The highest BCUT2D eigenvalue weighted by Crippen LogP contribution is 2.20. The van der Waals surface area contributed by atoms with Crippen LogP contribution < -0.4 is 5.32 Å². The van der Waals surface area contributed by atoms with Gasteiger partial charge >= 0.3 is 0 Å². The Bertz CT molecular complexity index is 341. The van der Waals surface area contributed by atoms with E-state index >= 15 is 0 Å². The zero-order valence-corrected chi connectivity index (χ0v) is 11.7. The molecular formula is C15H25FN2. The normalized spacial score (nSPS) is 12.9. The number of halogens is 1. The lowest BCUT2D eigenvalue weighted by Gasteiger charge is -2.22. The summed E-state index contributed by atoms with van der Waals surface area (Å²) in [5.41, 5.74) is 0.782. The minimum Gasteiger partial charge on any atom is -0.310 e. The van der Waals surface area contributed by atoms with Crippen molar-refractivity contribution in [1.29, 1.82) is 0 Å². The Kier molecular flexibility index (Phi) is 6.91. The summed E-state index contributed by atoms with van der Waals surface area (Å²) in [4.78, 5) is 2.30. The molecular weight excluding hydrogens is 227 g/mol. The van der Waals surface area contributed by atoms with Gasteiger partial charge in [-0.25, -0.2) is 4.39 Å². The Morgan fingerprint density at radius 1 is 1.22 bits per heavy atom. The van der Waals surface area contributed by atoms with Crippen LogP contribution in [0.3, 0.4) is 0 Å². The Balaban J connectivity index is 2.62. The van der Waals surface area contributed by atoms with E-state index in [-0.39, 0.29) is 11.9 Å². The molecule has 1 rings (SSSR count). The van der Waals surface area contributed by atoms with Crippen LogP contribution in [0.15, 0.2) is 24.3 Å². The summed E-state index contributed by atoms with van der Waals surface area (Å²) in [6.07, 6.45) is 2.09. The maximum atomic E-state index is 13.8. The summed E-state index contributed by atoms with van der Waals surface area (Å²) >= 11 is 0. The maximum absolute atomic E-state index is 13.8. The topological polar surface area (TPSA) is 15.3 Å². The number of benzene rings is 1. The van der Waals surface area contributed by atoms with Crippen molar-refractivity contribution in [2.45, 2.75) is 32.7 Å². The molecule has 0 saturated heterocycles. The highest BCUT2D eigenvalue weighted by molar-refractivity contribution is 5.21. The van der Waals surface area contributed by atoms with E-state index in [4.69, 9.17) is 0 Å². The van der Waals surface area contributed by atoms with Gasteiger partial charge in [0.05, 0.1) is 0 Å². The van der Waals surface area contributed by atoms with E-state index in [1.54, 1.807) is 6.07 Å². The molecule has 0 amide bonds. The van der Waals surface area contributed by atoms with Gasteiger partial charge in [0.1, 0.15) is 5.82 Å². The molecule has 1 aromatic rings. The molecule has 1 aromatic carbocycles. The van der Waals surface area contributed by atoms with Crippen molar-refractivity contribution in [1.82, 2.24) is 10.2 Å². The van der Waals surface area contributed by atoms with Crippen molar-refractivity contribution in [3.8, 4) is 0 Å². The van der Waals surface area contributed by atoms with Gasteiger partial charge in [0.2, 0.25) is 0 Å². The third-order valence-corrected chi connectivity index (χ3v) is 3.14. The summed E-state index contributed by atoms with van der Waals surface area (Å²) in [5.74, 6) is -0.110. The molecule has 1 unspecified atom stereocenters. The summed E-state index contributed by atoms with van der Waals surface area (Å²) in [6, 6.07) is 7.16. The van der Waals surface area contributed by atoms with Gasteiger partial charge in [0.25, 0.3) is 0 Å². The second-order valence-corrected chi connectivity index (χ2v) is 4.72. The lowest BCUT2D eigenvalue weighted by molar-refractivity contribution is 0.307. The van der Waals surface area contributed by atoms with E-state index in [9.17, 15) is 4.39 Å². The van der Waals surface area contributed by atoms with E-state index in [0.29, 0.717) is 0 Å². The highest BCUT2D eigenvalue weighted by Gasteiger charge is 2.14. The van der Waals surface area contributed by atoms with Gasteiger partial charge in [0, 0.05) is 11.6 Å². The van der Waals surface area contributed by atoms with Crippen molar-refractivity contribution in [3.05, 3.63) is 35.6 Å². The summed E-state index contributed by atoms with van der Waals surface area (Å²) in [6.45, 7) is 7.17. The van der Waals surface area contributed by atoms with Gasteiger partial charge in [0.15, 0.2) is 0 Å². The van der Waals surface area contributed by atoms with Gasteiger partial charge in [-0.15, -0.1) is 0 Å². The first-order valence-electron chi connectivity index (χ1n) is 6.85. The fraction of sp³-hybridized carbons (Fsp3) is 0.600. The molecule has 2 nitrogen and oxygen atoms in total. The van der Waals surface area contributed by atoms with Gasteiger partial charge in [-0.1, -0.05) is 32.0 Å². The standard InChI is InChI=1S/C15H25FN2/c1-4-11-18(3)12-10-15(17-5-2)13-8-6-7-9-14(13)16/h6-9,15,17H,4-5,10-12H2,1-3H3. The Hall–Kier alpha value is -0.930. The number of rotatable bonds is 8. The molecule has 3 heteroatoms. The van der Waals surface area contributed by atoms with Crippen molar-refractivity contribution in [2.75, 3.05) is 26.7 Å². The molecule has 0 aliphatic rings. The van der Waals surface area contributed by atoms with Crippen molar-refractivity contribution >= 4 is 0 Å². The third-order valence-electron chi connectivity index (χ3n) is 3.14. The zero-order chi connectivity index (χ0) is 13.4. The fourth-order valence-corrected chi connectivity index (χ4v) is 2.21. The minimum atomic E-state index is -0.110. The lowest BCUT2D eigenvalue weighted by Crippen LogP contribution is -2.28. The molecule has 0 bridgehead atoms. The van der Waals surface area contributed by atoms with Crippen LogP contribution in [-0.4, -0.2) is 31.6 Å². The predicted octanol–water partition coefficient (Wildman–Crippen LogP) is 3.21. The van der Waals surface area contributed by atoms with Crippen LogP contribution in [-0.2, 0) is 0 Å². The van der Waals surface area contributed by atoms with Crippen molar-refractivity contribution in [2.24, 2.45) is 0 Å². The highest BCUT2D eigenvalue weighted by atomic mass is 19.1. The predicted molar refractivity (Wildman–Crippen MR) is 75.2 cm³/mol. The van der Waals surface area contributed by atoms with E-state index in [1.165, 1.54) is 6.07 Å². The molecule has 0 heterocycles. The fourth-order valence-electron chi connectivity index (χ4n) is 2.21. The van der Waals surface area contributed by atoms with Gasteiger partial charge < -0.3 is 10.2 Å². The van der Waals surface area contributed by atoms with E-state index < -0.39 is 0 Å². The van der Waals surface area contributed by atoms with E-state index in [1.807, 2.05) is 12.1 Å². The first-order chi connectivity index (χ1) is 8.69. The Morgan fingerprint density at radius 3 is 2.56 bits per heavy atom. The van der Waals surface area contributed by atoms with Gasteiger partial charge in [-0.2, -0.15) is 0 Å². The monoisotopic (exact) mass is 252 g/mol. The molecule has 1 atom stereocenters. The third kappa shape index (κ3) is 4.75. The smallest absolute Gasteiger partial charge is 0.127 e. The summed E-state index contributed by atoms with van der Waals surface area (Å²) in [7, 11) is 2.12. The second-order valence-electron chi connectivity index (χ2n) is 4.72. The number of nitrogens with one attached hydrogen (secondary N) is 1. The van der Waals surface area contributed by atoms with Gasteiger partial charge in [-0.3, -0.25) is 0 Å². The zero-order valence-electron chi connectivity index (χ0n) is 11.7. The van der Waals surface area contributed by atoms with Crippen LogP contribution >= 0.6 is 0 Å². The minimum absolute atomic E-state index is 0.107. The van der Waals surface area contributed by atoms with Crippen molar-refractivity contribution < 1.29 is 4.39 Å². The van der Waals surface area contributed by atoms with Crippen LogP contribution in [0.2, 0.25) is 0 Å². The van der Waals surface area contributed by atoms with Crippen molar-refractivity contribution in [3.63, 3.8) is 0 Å². The van der Waals surface area contributed by atoms with Crippen LogP contribution in [0.4, 0.5) is 4.39 Å². The van der Waals surface area contributed by atoms with Crippen LogP contribution in [0.25, 0.3) is 0 Å². The quantitative estimate of drug-likeness (QED) is 0.764. The van der Waals surface area contributed by atoms with Crippen LogP contribution in [0.1, 0.15) is 38.3 Å². The number of hydrogen-bond donors (Lipinski definition) is 1. The molecule has 102 valence electrons. The molecule has 18 heavy (non-hydrogen) atoms. The molecule has 0 fully saturated rings. The first kappa shape index (κ1) is 15.1. The average molecular weight is 252 g/mol. The van der Waals surface area contributed by atoms with E-state index in [0.717, 1.165) is 38.0 Å². The van der Waals surface area contributed by atoms with Crippen LogP contribution in [0.5, 0.6) is 0 Å².